The van der Waals surface area contributed by atoms with Crippen molar-refractivity contribution in [1.82, 2.24) is 30.1 Å². The van der Waals surface area contributed by atoms with Crippen LogP contribution >= 0.6 is 0 Å². The summed E-state index contributed by atoms with van der Waals surface area (Å²) in [5.74, 6) is -2.40. The van der Waals surface area contributed by atoms with Crippen LogP contribution < -0.4 is 19.7 Å². The molecule has 55 heavy (non-hydrogen) atoms. The molecule has 6 heterocycles. The molecule has 3 amide bonds. The van der Waals surface area contributed by atoms with Crippen LogP contribution in [0.2, 0.25) is 0 Å². The number of hydrogen-bond donors (Lipinski definition) is 1. The van der Waals surface area contributed by atoms with E-state index in [1.54, 1.807) is 37.2 Å². The molecule has 2 aromatic carbocycles. The quantitative estimate of drug-likeness (QED) is 0.170. The number of amides is 3. The number of benzene rings is 2. The number of ether oxygens (including phenoxy) is 4. The standard InChI is InChI=1S/C39H43F2N7O7/c1-5-24-29(40)8-7-21-13-23(55-20-52-4)14-25(30(21)24)32-31(41)33-26(15-42-32)34(47-16-27-28(17-47)36(50)45-35(27)49)44-37(43-33)54-19-39-10-6-12-48(39)22(9-11-39)18-53-38(51)46(2)3/h7-8,13-15,22,27-28H,5-6,9-12,16-20H2,1-4H3,(H,45,49,50)/t22-,27?,28?,39+/m0/s1. The van der Waals surface area contributed by atoms with E-state index in [1.165, 1.54) is 24.3 Å². The second-order valence-electron chi connectivity index (χ2n) is 15.0. The lowest BCUT2D eigenvalue weighted by atomic mass is 9.94. The Morgan fingerprint density at radius 2 is 1.85 bits per heavy atom. The van der Waals surface area contributed by atoms with Gasteiger partial charge in [-0.2, -0.15) is 9.97 Å². The van der Waals surface area contributed by atoms with E-state index in [4.69, 9.17) is 23.9 Å². The fourth-order valence-corrected chi connectivity index (χ4v) is 8.85. The predicted octanol–water partition coefficient (Wildman–Crippen LogP) is 4.45. The summed E-state index contributed by atoms with van der Waals surface area (Å²) in [6, 6.07) is 6.31. The lowest BCUT2D eigenvalue weighted by Crippen LogP contribution is -2.48. The number of methoxy groups -OCH3 is 1. The van der Waals surface area contributed by atoms with Gasteiger partial charge in [0.2, 0.25) is 11.8 Å². The third kappa shape index (κ3) is 6.44. The molecule has 4 aliphatic heterocycles. The Hall–Kier alpha value is -5.22. The molecule has 4 aromatic rings. The first kappa shape index (κ1) is 36.7. The van der Waals surface area contributed by atoms with E-state index >= 15 is 8.78 Å². The van der Waals surface area contributed by atoms with Crippen LogP contribution in [0.25, 0.3) is 32.9 Å². The van der Waals surface area contributed by atoms with Gasteiger partial charge in [0.25, 0.3) is 0 Å². The third-order valence-electron chi connectivity index (χ3n) is 11.5. The van der Waals surface area contributed by atoms with E-state index in [2.05, 4.69) is 20.2 Å². The zero-order chi connectivity index (χ0) is 38.6. The highest BCUT2D eigenvalue weighted by Crippen LogP contribution is 2.44. The number of nitrogens with zero attached hydrogens (tertiary/aromatic N) is 6. The number of carbonyl (C=O) groups is 3. The molecule has 4 aliphatic rings. The summed E-state index contributed by atoms with van der Waals surface area (Å²) >= 11 is 0. The Balaban J connectivity index is 1.20. The van der Waals surface area contributed by atoms with Gasteiger partial charge in [-0.3, -0.25) is 24.8 Å². The number of carbonyl (C=O) groups excluding carboxylic acids is 3. The average molecular weight is 760 g/mol. The Bertz CT molecular complexity index is 2180. The van der Waals surface area contributed by atoms with Gasteiger partial charge >= 0.3 is 12.1 Å². The number of pyridine rings is 1. The zero-order valence-corrected chi connectivity index (χ0v) is 31.2. The molecule has 0 aliphatic carbocycles. The largest absolute Gasteiger partial charge is 0.468 e. The van der Waals surface area contributed by atoms with Crippen molar-refractivity contribution in [3.05, 3.63) is 47.7 Å². The maximum Gasteiger partial charge on any atom is 0.409 e. The number of aryl methyl sites for hydroxylation is 1. The molecule has 1 N–H and O–H groups in total. The molecule has 290 valence electrons. The van der Waals surface area contributed by atoms with Gasteiger partial charge in [-0.1, -0.05) is 13.0 Å². The first-order valence-electron chi connectivity index (χ1n) is 18.6. The molecule has 8 rings (SSSR count). The minimum atomic E-state index is -0.778. The van der Waals surface area contributed by atoms with E-state index in [0.29, 0.717) is 34.1 Å². The SMILES string of the molecule is CCc1c(F)ccc2cc(OCOC)cc(-c3ncc4c(N5CC6C(=O)NC(=O)C6C5)nc(OC[C@]56CCCN5[C@H](COC(=O)N(C)C)CC6)nc4c3F)c12. The lowest BCUT2D eigenvalue weighted by molar-refractivity contribution is -0.126. The summed E-state index contributed by atoms with van der Waals surface area (Å²) in [7, 11) is 4.78. The highest BCUT2D eigenvalue weighted by atomic mass is 19.1. The maximum atomic E-state index is 17.3. The van der Waals surface area contributed by atoms with Crippen LogP contribution in [0.4, 0.5) is 19.4 Å². The van der Waals surface area contributed by atoms with E-state index < -0.39 is 29.6 Å². The number of rotatable bonds is 11. The fraction of sp³-hybridized carbons (Fsp3) is 0.487. The van der Waals surface area contributed by atoms with Crippen LogP contribution in [0.15, 0.2) is 30.5 Å². The summed E-state index contributed by atoms with van der Waals surface area (Å²) in [6.07, 6.45) is 4.81. The highest BCUT2D eigenvalue weighted by Gasteiger charge is 2.51. The van der Waals surface area contributed by atoms with Crippen LogP contribution in [0, 0.1) is 23.5 Å². The Morgan fingerprint density at radius 1 is 1.07 bits per heavy atom. The number of halogens is 2. The van der Waals surface area contributed by atoms with Crippen molar-refractivity contribution in [3.8, 4) is 23.0 Å². The van der Waals surface area contributed by atoms with Gasteiger partial charge < -0.3 is 28.7 Å². The molecule has 0 bridgehead atoms. The van der Waals surface area contributed by atoms with Crippen molar-refractivity contribution in [2.24, 2.45) is 11.8 Å². The van der Waals surface area contributed by atoms with Gasteiger partial charge in [0.15, 0.2) is 12.6 Å². The summed E-state index contributed by atoms with van der Waals surface area (Å²) in [4.78, 5) is 57.0. The summed E-state index contributed by atoms with van der Waals surface area (Å²) in [6.45, 7) is 3.43. The molecule has 4 saturated heterocycles. The fourth-order valence-electron chi connectivity index (χ4n) is 8.85. The zero-order valence-electron chi connectivity index (χ0n) is 31.2. The number of hydrogen-bond acceptors (Lipinski definition) is 12. The highest BCUT2D eigenvalue weighted by molar-refractivity contribution is 6.07. The Labute approximate surface area is 316 Å². The molecule has 0 radical (unpaired) electrons. The van der Waals surface area contributed by atoms with E-state index in [9.17, 15) is 14.4 Å². The Morgan fingerprint density at radius 3 is 2.58 bits per heavy atom. The summed E-state index contributed by atoms with van der Waals surface area (Å²) < 4.78 is 55.3. The van der Waals surface area contributed by atoms with Gasteiger partial charge in [-0.25, -0.2) is 13.6 Å². The molecule has 2 aromatic heterocycles. The number of fused-ring (bicyclic) bond motifs is 4. The number of aromatic nitrogens is 3. The van der Waals surface area contributed by atoms with Crippen molar-refractivity contribution in [2.45, 2.75) is 50.6 Å². The van der Waals surface area contributed by atoms with Crippen LogP contribution in [0.5, 0.6) is 11.8 Å². The molecule has 4 fully saturated rings. The van der Waals surface area contributed by atoms with Crippen molar-refractivity contribution >= 4 is 45.4 Å². The predicted molar refractivity (Wildman–Crippen MR) is 197 cm³/mol. The second kappa shape index (κ2) is 14.5. The second-order valence-corrected chi connectivity index (χ2v) is 15.0. The average Bonchev–Trinajstić information content (AvgIpc) is 3.94. The van der Waals surface area contributed by atoms with Gasteiger partial charge in [-0.15, -0.1) is 0 Å². The maximum absolute atomic E-state index is 17.3. The van der Waals surface area contributed by atoms with Crippen molar-refractivity contribution in [2.75, 3.05) is 65.7 Å². The summed E-state index contributed by atoms with van der Waals surface area (Å²) in [5, 5.41) is 3.80. The number of nitrogens with one attached hydrogen (secondary N) is 1. The summed E-state index contributed by atoms with van der Waals surface area (Å²) in [5.41, 5.74) is 0.206. The lowest BCUT2D eigenvalue weighted by Gasteiger charge is -2.34. The van der Waals surface area contributed by atoms with Gasteiger partial charge in [0, 0.05) is 52.1 Å². The normalized spacial score (nSPS) is 23.4. The van der Waals surface area contributed by atoms with Crippen molar-refractivity contribution in [3.63, 3.8) is 0 Å². The first-order chi connectivity index (χ1) is 26.5. The number of imide groups is 1. The van der Waals surface area contributed by atoms with E-state index in [0.717, 1.165) is 32.2 Å². The molecule has 14 nitrogen and oxygen atoms in total. The third-order valence-corrected chi connectivity index (χ3v) is 11.5. The van der Waals surface area contributed by atoms with Gasteiger partial charge in [0.05, 0.1) is 22.8 Å². The molecule has 0 saturated carbocycles. The van der Waals surface area contributed by atoms with E-state index in [1.807, 2.05) is 6.92 Å². The minimum Gasteiger partial charge on any atom is -0.468 e. The molecule has 2 unspecified atom stereocenters. The minimum absolute atomic E-state index is 0.0261. The van der Waals surface area contributed by atoms with Crippen LogP contribution in [-0.2, 0) is 25.5 Å². The monoisotopic (exact) mass is 759 g/mol. The molecule has 16 heteroatoms. The molecule has 0 spiro atoms. The molecular weight excluding hydrogens is 716 g/mol. The van der Waals surface area contributed by atoms with E-state index in [-0.39, 0.29) is 84.9 Å². The van der Waals surface area contributed by atoms with Gasteiger partial charge in [-0.05, 0) is 73.2 Å². The topological polar surface area (TPSA) is 149 Å². The smallest absolute Gasteiger partial charge is 0.409 e. The van der Waals surface area contributed by atoms with Crippen LogP contribution in [0.1, 0.15) is 38.2 Å². The van der Waals surface area contributed by atoms with Crippen molar-refractivity contribution in [1.29, 1.82) is 0 Å². The molecular formula is C39H43F2N7O7. The number of anilines is 1. The Kier molecular flexibility index (Phi) is 9.65. The van der Waals surface area contributed by atoms with Crippen LogP contribution in [0.3, 0.4) is 0 Å². The van der Waals surface area contributed by atoms with Crippen LogP contribution in [-0.4, -0.2) is 115 Å². The van der Waals surface area contributed by atoms with Gasteiger partial charge in [0.1, 0.15) is 41.8 Å². The molecule has 4 atom stereocenters. The first-order valence-corrected chi connectivity index (χ1v) is 18.6. The van der Waals surface area contributed by atoms with Crippen molar-refractivity contribution < 1.29 is 42.1 Å².